The number of amides is 2. The molecule has 0 saturated carbocycles. The van der Waals surface area contributed by atoms with Gasteiger partial charge in [-0.15, -0.1) is 11.3 Å². The summed E-state index contributed by atoms with van der Waals surface area (Å²) in [5, 5.41) is 11.9. The molecule has 26 heavy (non-hydrogen) atoms. The summed E-state index contributed by atoms with van der Waals surface area (Å²) in [6, 6.07) is 5.08. The lowest BCUT2D eigenvalue weighted by molar-refractivity contribution is -0.120. The van der Waals surface area contributed by atoms with E-state index < -0.39 is 0 Å². The first-order valence-electron chi connectivity index (χ1n) is 8.13. The Bertz CT molecular complexity index is 842. The average molecular weight is 373 g/mol. The number of carbonyl (C=O) groups is 2. The summed E-state index contributed by atoms with van der Waals surface area (Å²) >= 11 is 1.27. The van der Waals surface area contributed by atoms with Crippen molar-refractivity contribution in [1.82, 2.24) is 20.1 Å². The smallest absolute Gasteiger partial charge is 0.293 e. The van der Waals surface area contributed by atoms with Crippen LogP contribution < -0.4 is 10.6 Å². The average Bonchev–Trinajstić information content (AvgIpc) is 3.36. The molecule has 0 aliphatic rings. The summed E-state index contributed by atoms with van der Waals surface area (Å²) in [6.45, 7) is 3.35. The lowest BCUT2D eigenvalue weighted by Gasteiger charge is -2.12. The molecule has 9 heteroatoms. The number of furan rings is 1. The number of hydrogen-bond acceptors (Lipinski definition) is 6. The molecule has 3 aromatic heterocycles. The summed E-state index contributed by atoms with van der Waals surface area (Å²) in [6.07, 6.45) is 5.23. The fraction of sp³-hybridized carbons (Fsp3) is 0.294. The van der Waals surface area contributed by atoms with E-state index in [1.165, 1.54) is 17.6 Å². The summed E-state index contributed by atoms with van der Waals surface area (Å²) in [5.41, 5.74) is 0.613. The third-order valence-electron chi connectivity index (χ3n) is 3.56. The van der Waals surface area contributed by atoms with Crippen molar-refractivity contribution >= 4 is 28.3 Å². The van der Waals surface area contributed by atoms with Gasteiger partial charge in [0.25, 0.3) is 5.91 Å². The SMILES string of the molecule is CC(CNC(=O)Cc1csc(NC(=O)c2ccco2)n1)Cn1cccn1. The van der Waals surface area contributed by atoms with E-state index in [1.807, 2.05) is 23.9 Å². The molecule has 1 unspecified atom stereocenters. The second kappa shape index (κ2) is 8.43. The van der Waals surface area contributed by atoms with Crippen LogP contribution in [-0.4, -0.2) is 33.1 Å². The second-order valence-corrected chi connectivity index (χ2v) is 6.75. The molecule has 0 fully saturated rings. The summed E-state index contributed by atoms with van der Waals surface area (Å²) in [4.78, 5) is 28.2. The minimum absolute atomic E-state index is 0.105. The number of carbonyl (C=O) groups excluding carboxylic acids is 2. The Morgan fingerprint density at radius 1 is 1.38 bits per heavy atom. The molecule has 2 amide bonds. The standard InChI is InChI=1S/C17H19N5O3S/c1-12(10-22-6-3-5-19-22)9-18-15(23)8-13-11-26-17(20-13)21-16(24)14-4-2-7-25-14/h2-7,11-12H,8-10H2,1H3,(H,18,23)(H,20,21,24). The number of anilines is 1. The van der Waals surface area contributed by atoms with Crippen LogP contribution in [0.15, 0.2) is 46.7 Å². The number of hydrogen-bond donors (Lipinski definition) is 2. The summed E-state index contributed by atoms with van der Waals surface area (Å²) in [5.74, 6) is 0.00224. The lowest BCUT2D eigenvalue weighted by atomic mass is 10.2. The van der Waals surface area contributed by atoms with Crippen molar-refractivity contribution in [2.24, 2.45) is 5.92 Å². The zero-order valence-electron chi connectivity index (χ0n) is 14.2. The van der Waals surface area contributed by atoms with Crippen molar-refractivity contribution < 1.29 is 14.0 Å². The molecule has 0 aliphatic heterocycles. The normalized spacial score (nSPS) is 11.9. The Balaban J connectivity index is 1.43. The Morgan fingerprint density at radius 3 is 3.00 bits per heavy atom. The van der Waals surface area contributed by atoms with E-state index in [1.54, 1.807) is 23.7 Å². The molecule has 2 N–H and O–H groups in total. The zero-order chi connectivity index (χ0) is 18.4. The van der Waals surface area contributed by atoms with Crippen molar-refractivity contribution in [3.05, 3.63) is 53.7 Å². The molecule has 0 radical (unpaired) electrons. The highest BCUT2D eigenvalue weighted by Crippen LogP contribution is 2.17. The van der Waals surface area contributed by atoms with E-state index in [9.17, 15) is 9.59 Å². The van der Waals surface area contributed by atoms with Crippen LogP contribution >= 0.6 is 11.3 Å². The molecular weight excluding hydrogens is 354 g/mol. The molecule has 0 aromatic carbocycles. The van der Waals surface area contributed by atoms with Crippen molar-refractivity contribution in [2.75, 3.05) is 11.9 Å². The van der Waals surface area contributed by atoms with Gasteiger partial charge in [-0.3, -0.25) is 19.6 Å². The van der Waals surface area contributed by atoms with E-state index in [2.05, 4.69) is 20.7 Å². The van der Waals surface area contributed by atoms with Gasteiger partial charge in [0, 0.05) is 30.9 Å². The lowest BCUT2D eigenvalue weighted by Crippen LogP contribution is -2.31. The maximum absolute atomic E-state index is 12.1. The quantitative estimate of drug-likeness (QED) is 0.630. The van der Waals surface area contributed by atoms with E-state index in [0.717, 1.165) is 6.54 Å². The molecular formula is C17H19N5O3S. The maximum atomic E-state index is 12.1. The van der Waals surface area contributed by atoms with Crippen molar-refractivity contribution in [2.45, 2.75) is 19.9 Å². The summed E-state index contributed by atoms with van der Waals surface area (Å²) in [7, 11) is 0. The summed E-state index contributed by atoms with van der Waals surface area (Å²) < 4.78 is 6.86. The van der Waals surface area contributed by atoms with Crippen LogP contribution in [0.4, 0.5) is 5.13 Å². The van der Waals surface area contributed by atoms with Gasteiger partial charge in [0.2, 0.25) is 5.91 Å². The molecule has 0 spiro atoms. The van der Waals surface area contributed by atoms with Crippen LogP contribution in [0.5, 0.6) is 0 Å². The molecule has 3 aromatic rings. The Hall–Kier alpha value is -2.94. The van der Waals surface area contributed by atoms with Gasteiger partial charge in [0.15, 0.2) is 10.9 Å². The monoisotopic (exact) mass is 373 g/mol. The third kappa shape index (κ3) is 5.03. The van der Waals surface area contributed by atoms with Gasteiger partial charge in [-0.05, 0) is 24.1 Å². The van der Waals surface area contributed by atoms with Gasteiger partial charge in [-0.2, -0.15) is 5.10 Å². The van der Waals surface area contributed by atoms with Gasteiger partial charge in [0.1, 0.15) is 0 Å². The zero-order valence-corrected chi connectivity index (χ0v) is 15.0. The molecule has 1 atom stereocenters. The first-order chi connectivity index (χ1) is 12.6. The highest BCUT2D eigenvalue weighted by molar-refractivity contribution is 7.14. The predicted molar refractivity (Wildman–Crippen MR) is 96.9 cm³/mol. The van der Waals surface area contributed by atoms with Gasteiger partial charge in [0.05, 0.1) is 18.4 Å². The number of rotatable bonds is 8. The van der Waals surface area contributed by atoms with Crippen LogP contribution in [0.2, 0.25) is 0 Å². The number of nitrogens with one attached hydrogen (secondary N) is 2. The van der Waals surface area contributed by atoms with Crippen molar-refractivity contribution in [1.29, 1.82) is 0 Å². The van der Waals surface area contributed by atoms with Crippen molar-refractivity contribution in [3.8, 4) is 0 Å². The number of thiazole rings is 1. The second-order valence-electron chi connectivity index (χ2n) is 5.89. The molecule has 0 bridgehead atoms. The van der Waals surface area contributed by atoms with Gasteiger partial charge < -0.3 is 9.73 Å². The largest absolute Gasteiger partial charge is 0.459 e. The van der Waals surface area contributed by atoms with Crippen molar-refractivity contribution in [3.63, 3.8) is 0 Å². The Kier molecular flexibility index (Phi) is 5.80. The molecule has 8 nitrogen and oxygen atoms in total. The Labute approximate surface area is 154 Å². The first kappa shape index (κ1) is 17.9. The van der Waals surface area contributed by atoms with E-state index >= 15 is 0 Å². The molecule has 0 aliphatic carbocycles. The highest BCUT2D eigenvalue weighted by Gasteiger charge is 2.13. The molecule has 3 heterocycles. The van der Waals surface area contributed by atoms with Gasteiger partial charge >= 0.3 is 0 Å². The van der Waals surface area contributed by atoms with Gasteiger partial charge in [-0.25, -0.2) is 4.98 Å². The maximum Gasteiger partial charge on any atom is 0.293 e. The molecule has 0 saturated heterocycles. The number of nitrogens with zero attached hydrogens (tertiary/aromatic N) is 3. The fourth-order valence-corrected chi connectivity index (χ4v) is 3.02. The van der Waals surface area contributed by atoms with E-state index in [4.69, 9.17) is 4.42 Å². The number of aromatic nitrogens is 3. The van der Waals surface area contributed by atoms with Crippen LogP contribution in [0.1, 0.15) is 23.2 Å². The highest BCUT2D eigenvalue weighted by atomic mass is 32.1. The van der Waals surface area contributed by atoms with Crippen LogP contribution in [0, 0.1) is 5.92 Å². The Morgan fingerprint density at radius 2 is 2.27 bits per heavy atom. The molecule has 3 rings (SSSR count). The third-order valence-corrected chi connectivity index (χ3v) is 4.37. The minimum Gasteiger partial charge on any atom is -0.459 e. The van der Waals surface area contributed by atoms with Crippen LogP contribution in [0.25, 0.3) is 0 Å². The molecule has 136 valence electrons. The topological polar surface area (TPSA) is 102 Å². The van der Waals surface area contributed by atoms with E-state index in [-0.39, 0.29) is 29.9 Å². The minimum atomic E-state index is -0.368. The van der Waals surface area contributed by atoms with Gasteiger partial charge in [-0.1, -0.05) is 6.92 Å². The first-order valence-corrected chi connectivity index (χ1v) is 9.01. The predicted octanol–water partition coefficient (Wildman–Crippen LogP) is 2.18. The van der Waals surface area contributed by atoms with Crippen LogP contribution in [-0.2, 0) is 17.8 Å². The fourth-order valence-electron chi connectivity index (χ4n) is 2.32. The van der Waals surface area contributed by atoms with E-state index in [0.29, 0.717) is 17.4 Å². The van der Waals surface area contributed by atoms with Crippen LogP contribution in [0.3, 0.4) is 0 Å².